The highest BCUT2D eigenvalue weighted by atomic mass is 16.5. The first-order valence-electron chi connectivity index (χ1n) is 6.20. The van der Waals surface area contributed by atoms with Crippen molar-refractivity contribution in [3.63, 3.8) is 0 Å². The highest BCUT2D eigenvalue weighted by Gasteiger charge is 2.03. The van der Waals surface area contributed by atoms with Gasteiger partial charge in [-0.3, -0.25) is 4.98 Å². The summed E-state index contributed by atoms with van der Waals surface area (Å²) in [4.78, 5) is 4.11. The van der Waals surface area contributed by atoms with E-state index in [4.69, 9.17) is 9.84 Å². The molecule has 0 aliphatic carbocycles. The molecule has 0 bridgehead atoms. The van der Waals surface area contributed by atoms with Crippen LogP contribution in [0.25, 0.3) is 0 Å². The summed E-state index contributed by atoms with van der Waals surface area (Å²) in [5.41, 5.74) is 1.68. The van der Waals surface area contributed by atoms with Crippen LogP contribution in [-0.4, -0.2) is 21.8 Å². The van der Waals surface area contributed by atoms with Gasteiger partial charge in [-0.2, -0.15) is 0 Å². The number of nitrogens with zero attached hydrogens (tertiary/aromatic N) is 1. The molecule has 2 N–H and O–H groups in total. The molecule has 0 aliphatic rings. The van der Waals surface area contributed by atoms with Gasteiger partial charge >= 0.3 is 0 Å². The van der Waals surface area contributed by atoms with Gasteiger partial charge in [0, 0.05) is 6.61 Å². The van der Waals surface area contributed by atoms with Gasteiger partial charge in [-0.25, -0.2) is 0 Å². The Morgan fingerprint density at radius 3 is 2.32 bits per heavy atom. The lowest BCUT2D eigenvalue weighted by Crippen LogP contribution is -1.95. The Labute approximate surface area is 112 Å². The zero-order chi connectivity index (χ0) is 13.7. The summed E-state index contributed by atoms with van der Waals surface area (Å²) in [6.07, 6.45) is 1.65. The fraction of sp³-hybridized carbons (Fsp3) is 0.267. The van der Waals surface area contributed by atoms with E-state index in [-0.39, 0.29) is 6.61 Å². The maximum Gasteiger partial charge on any atom is 0.145 e. The van der Waals surface area contributed by atoms with Crippen molar-refractivity contribution < 1.29 is 14.9 Å². The predicted molar refractivity (Wildman–Crippen MR) is 72.2 cm³/mol. The molecule has 4 nitrogen and oxygen atoms in total. The van der Waals surface area contributed by atoms with Crippen molar-refractivity contribution >= 4 is 0 Å². The van der Waals surface area contributed by atoms with Gasteiger partial charge in [-0.05, 0) is 43.2 Å². The molecule has 0 saturated heterocycles. The van der Waals surface area contributed by atoms with Gasteiger partial charge in [-0.15, -0.1) is 0 Å². The molecule has 1 atom stereocenters. The smallest absolute Gasteiger partial charge is 0.145 e. The van der Waals surface area contributed by atoms with Crippen molar-refractivity contribution in [2.24, 2.45) is 0 Å². The Hall–Kier alpha value is -1.91. The van der Waals surface area contributed by atoms with Crippen molar-refractivity contribution in [3.05, 3.63) is 53.9 Å². The topological polar surface area (TPSA) is 62.6 Å². The van der Waals surface area contributed by atoms with Crippen LogP contribution in [0.1, 0.15) is 24.3 Å². The molecule has 1 aromatic carbocycles. The van der Waals surface area contributed by atoms with Crippen LogP contribution < -0.4 is 4.74 Å². The van der Waals surface area contributed by atoms with E-state index in [2.05, 4.69) is 4.98 Å². The standard InChI is InChI=1S/C15H17NO3/c1-11(18)15-7-6-14(10-16-15)19-13-4-2-12(3-5-13)8-9-17/h2-7,10-11,17-18H,8-9H2,1H3. The van der Waals surface area contributed by atoms with Gasteiger partial charge in [0.25, 0.3) is 0 Å². The minimum atomic E-state index is -0.577. The van der Waals surface area contributed by atoms with E-state index in [1.165, 1.54) is 0 Å². The van der Waals surface area contributed by atoms with Crippen LogP contribution in [0.4, 0.5) is 0 Å². The van der Waals surface area contributed by atoms with Gasteiger partial charge in [0.15, 0.2) is 0 Å². The SMILES string of the molecule is CC(O)c1ccc(Oc2ccc(CCO)cc2)cn1. The average Bonchev–Trinajstić information content (AvgIpc) is 2.42. The minimum absolute atomic E-state index is 0.144. The lowest BCUT2D eigenvalue weighted by molar-refractivity contribution is 0.194. The summed E-state index contributed by atoms with van der Waals surface area (Å²) in [6, 6.07) is 11.1. The van der Waals surface area contributed by atoms with Crippen molar-refractivity contribution in [3.8, 4) is 11.5 Å². The molecule has 0 saturated carbocycles. The first kappa shape index (κ1) is 13.5. The van der Waals surface area contributed by atoms with Gasteiger partial charge < -0.3 is 14.9 Å². The number of benzene rings is 1. The fourth-order valence-corrected chi connectivity index (χ4v) is 1.69. The maximum atomic E-state index is 9.36. The lowest BCUT2D eigenvalue weighted by Gasteiger charge is -2.08. The van der Waals surface area contributed by atoms with E-state index in [1.54, 1.807) is 25.3 Å². The molecular weight excluding hydrogens is 242 g/mol. The molecule has 1 aromatic heterocycles. The third-order valence-electron chi connectivity index (χ3n) is 2.75. The zero-order valence-corrected chi connectivity index (χ0v) is 10.8. The number of pyridine rings is 1. The Morgan fingerprint density at radius 2 is 1.79 bits per heavy atom. The van der Waals surface area contributed by atoms with E-state index in [9.17, 15) is 5.11 Å². The fourth-order valence-electron chi connectivity index (χ4n) is 1.69. The molecule has 2 aromatic rings. The number of rotatable bonds is 5. The molecular formula is C15H17NO3. The number of hydrogen-bond donors (Lipinski definition) is 2. The summed E-state index contributed by atoms with van der Waals surface area (Å²) in [6.45, 7) is 1.81. The highest BCUT2D eigenvalue weighted by molar-refractivity contribution is 5.32. The van der Waals surface area contributed by atoms with E-state index >= 15 is 0 Å². The summed E-state index contributed by atoms with van der Waals surface area (Å²) < 4.78 is 5.64. The summed E-state index contributed by atoms with van der Waals surface area (Å²) >= 11 is 0. The van der Waals surface area contributed by atoms with Gasteiger partial charge in [-0.1, -0.05) is 12.1 Å². The Balaban J connectivity index is 2.04. The van der Waals surface area contributed by atoms with Crippen LogP contribution >= 0.6 is 0 Å². The molecule has 0 radical (unpaired) electrons. The van der Waals surface area contributed by atoms with Gasteiger partial charge in [0.1, 0.15) is 11.5 Å². The zero-order valence-electron chi connectivity index (χ0n) is 10.8. The molecule has 0 fully saturated rings. The van der Waals surface area contributed by atoms with Crippen LogP contribution in [0, 0.1) is 0 Å². The number of aliphatic hydroxyl groups is 2. The van der Waals surface area contributed by atoms with Crippen molar-refractivity contribution in [1.82, 2.24) is 4.98 Å². The second kappa shape index (κ2) is 6.31. The average molecular weight is 259 g/mol. The predicted octanol–water partition coefficient (Wildman–Crippen LogP) is 2.46. The lowest BCUT2D eigenvalue weighted by atomic mass is 10.1. The third-order valence-corrected chi connectivity index (χ3v) is 2.75. The molecule has 100 valence electrons. The van der Waals surface area contributed by atoms with E-state index in [0.717, 1.165) is 5.56 Å². The molecule has 19 heavy (non-hydrogen) atoms. The monoisotopic (exact) mass is 259 g/mol. The second-order valence-electron chi connectivity index (χ2n) is 4.31. The van der Waals surface area contributed by atoms with Gasteiger partial charge in [0.2, 0.25) is 0 Å². The molecule has 2 rings (SSSR count). The van der Waals surface area contributed by atoms with Crippen LogP contribution in [0.5, 0.6) is 11.5 Å². The van der Waals surface area contributed by atoms with E-state index < -0.39 is 6.10 Å². The molecule has 0 aliphatic heterocycles. The van der Waals surface area contributed by atoms with Crippen LogP contribution in [0.2, 0.25) is 0 Å². The van der Waals surface area contributed by atoms with Crippen LogP contribution in [0.3, 0.4) is 0 Å². The van der Waals surface area contributed by atoms with E-state index in [0.29, 0.717) is 23.6 Å². The van der Waals surface area contributed by atoms with Crippen molar-refractivity contribution in [1.29, 1.82) is 0 Å². The molecule has 1 unspecified atom stereocenters. The first-order valence-corrected chi connectivity index (χ1v) is 6.20. The summed E-state index contributed by atoms with van der Waals surface area (Å²) in [5.74, 6) is 1.34. The van der Waals surface area contributed by atoms with Gasteiger partial charge in [0.05, 0.1) is 18.0 Å². The normalized spacial score (nSPS) is 12.2. The largest absolute Gasteiger partial charge is 0.456 e. The number of aromatic nitrogens is 1. The minimum Gasteiger partial charge on any atom is -0.456 e. The Kier molecular flexibility index (Phi) is 4.49. The summed E-state index contributed by atoms with van der Waals surface area (Å²) in [5, 5.41) is 18.2. The number of hydrogen-bond acceptors (Lipinski definition) is 4. The summed E-state index contributed by atoms with van der Waals surface area (Å²) in [7, 11) is 0. The molecule has 0 amide bonds. The van der Waals surface area contributed by atoms with Crippen molar-refractivity contribution in [2.75, 3.05) is 6.61 Å². The van der Waals surface area contributed by atoms with Crippen LogP contribution in [0.15, 0.2) is 42.6 Å². The third kappa shape index (κ3) is 3.77. The second-order valence-corrected chi connectivity index (χ2v) is 4.31. The Morgan fingerprint density at radius 1 is 1.11 bits per heavy atom. The van der Waals surface area contributed by atoms with E-state index in [1.807, 2.05) is 24.3 Å². The van der Waals surface area contributed by atoms with Crippen molar-refractivity contribution in [2.45, 2.75) is 19.4 Å². The van der Waals surface area contributed by atoms with Crippen LogP contribution in [-0.2, 0) is 6.42 Å². The number of ether oxygens (including phenoxy) is 1. The quantitative estimate of drug-likeness (QED) is 0.865. The maximum absolute atomic E-state index is 9.36. The molecule has 0 spiro atoms. The Bertz CT molecular complexity index is 506. The first-order chi connectivity index (χ1) is 9.19. The highest BCUT2D eigenvalue weighted by Crippen LogP contribution is 2.22. The molecule has 4 heteroatoms. The molecule has 1 heterocycles. The number of aliphatic hydroxyl groups excluding tert-OH is 2.